The van der Waals surface area contributed by atoms with Crippen molar-refractivity contribution in [3.8, 4) is 0 Å². The Morgan fingerprint density at radius 2 is 2.15 bits per heavy atom. The fourth-order valence-electron chi connectivity index (χ4n) is 1.53. The fraction of sp³-hybridized carbons (Fsp3) is 0.0833. The molecule has 2 aromatic rings. The Balaban J connectivity index is 2.26. The molecule has 0 aliphatic rings. The van der Waals surface area contributed by atoms with Crippen LogP contribution in [0.3, 0.4) is 0 Å². The lowest BCUT2D eigenvalue weighted by Crippen LogP contribution is -2.09. The molecule has 102 valence electrons. The number of nitrogens with zero attached hydrogens (tertiary/aromatic N) is 3. The lowest BCUT2D eigenvalue weighted by Gasteiger charge is -2.06. The molecule has 0 radical (unpaired) electrons. The molecule has 0 bridgehead atoms. The number of rotatable bonds is 5. The zero-order valence-electron chi connectivity index (χ0n) is 10.2. The van der Waals surface area contributed by atoms with E-state index in [-0.39, 0.29) is 23.7 Å². The first-order valence-electron chi connectivity index (χ1n) is 5.60. The lowest BCUT2D eigenvalue weighted by atomic mass is 10.3. The maximum Gasteiger partial charge on any atom is 0.354 e. The Kier molecular flexibility index (Phi) is 3.85. The summed E-state index contributed by atoms with van der Waals surface area (Å²) in [5.74, 6) is -1.35. The minimum Gasteiger partial charge on any atom is -0.477 e. The van der Waals surface area contributed by atoms with Gasteiger partial charge < -0.3 is 10.4 Å². The summed E-state index contributed by atoms with van der Waals surface area (Å²) >= 11 is 0. The highest BCUT2D eigenvalue weighted by Crippen LogP contribution is 2.22. The largest absolute Gasteiger partial charge is 0.477 e. The van der Waals surface area contributed by atoms with Gasteiger partial charge in [0.1, 0.15) is 0 Å². The van der Waals surface area contributed by atoms with Gasteiger partial charge >= 0.3 is 11.7 Å². The van der Waals surface area contributed by atoms with E-state index in [0.29, 0.717) is 5.69 Å². The second-order valence-corrected chi connectivity index (χ2v) is 3.80. The molecule has 0 aromatic carbocycles. The van der Waals surface area contributed by atoms with Crippen LogP contribution in [-0.2, 0) is 6.54 Å². The molecule has 8 heteroatoms. The summed E-state index contributed by atoms with van der Waals surface area (Å²) in [6.45, 7) is 0.206. The monoisotopic (exact) mass is 274 g/mol. The highest BCUT2D eigenvalue weighted by atomic mass is 16.6. The Morgan fingerprint density at radius 1 is 1.35 bits per heavy atom. The first kappa shape index (κ1) is 13.4. The molecule has 2 aromatic heterocycles. The van der Waals surface area contributed by atoms with Gasteiger partial charge in [0.15, 0.2) is 5.69 Å². The van der Waals surface area contributed by atoms with Crippen molar-refractivity contribution in [2.75, 3.05) is 5.32 Å². The van der Waals surface area contributed by atoms with E-state index >= 15 is 0 Å². The summed E-state index contributed by atoms with van der Waals surface area (Å²) in [7, 11) is 0. The third-order valence-corrected chi connectivity index (χ3v) is 2.45. The molecular formula is C12H10N4O4. The van der Waals surface area contributed by atoms with Crippen LogP contribution in [0.25, 0.3) is 0 Å². The van der Waals surface area contributed by atoms with Crippen molar-refractivity contribution in [3.05, 3.63) is 58.0 Å². The highest BCUT2D eigenvalue weighted by Gasteiger charge is 2.18. The predicted molar refractivity (Wildman–Crippen MR) is 69.4 cm³/mol. The minimum atomic E-state index is -1.25. The molecule has 0 atom stereocenters. The fourth-order valence-corrected chi connectivity index (χ4v) is 1.53. The van der Waals surface area contributed by atoms with E-state index in [4.69, 9.17) is 5.11 Å². The van der Waals surface area contributed by atoms with Gasteiger partial charge in [0, 0.05) is 12.3 Å². The quantitative estimate of drug-likeness (QED) is 0.629. The van der Waals surface area contributed by atoms with Crippen molar-refractivity contribution in [1.82, 2.24) is 9.97 Å². The van der Waals surface area contributed by atoms with Gasteiger partial charge in [0.2, 0.25) is 5.82 Å². The van der Waals surface area contributed by atoms with E-state index in [1.807, 2.05) is 0 Å². The number of aromatic nitrogens is 2. The van der Waals surface area contributed by atoms with Crippen molar-refractivity contribution in [2.24, 2.45) is 0 Å². The molecule has 0 unspecified atom stereocenters. The molecule has 20 heavy (non-hydrogen) atoms. The van der Waals surface area contributed by atoms with Crippen molar-refractivity contribution in [1.29, 1.82) is 0 Å². The van der Waals surface area contributed by atoms with E-state index in [2.05, 4.69) is 15.3 Å². The van der Waals surface area contributed by atoms with Gasteiger partial charge in [-0.15, -0.1) is 0 Å². The third kappa shape index (κ3) is 3.05. The number of carboxylic acids is 1. The summed E-state index contributed by atoms with van der Waals surface area (Å²) in [4.78, 5) is 28.9. The average Bonchev–Trinajstić information content (AvgIpc) is 2.45. The second-order valence-electron chi connectivity index (χ2n) is 3.80. The second kappa shape index (κ2) is 5.74. The van der Waals surface area contributed by atoms with Gasteiger partial charge in [-0.3, -0.25) is 15.1 Å². The number of carbonyl (C=O) groups is 1. The summed E-state index contributed by atoms with van der Waals surface area (Å²) in [6.07, 6.45) is 1.59. The van der Waals surface area contributed by atoms with Crippen molar-refractivity contribution >= 4 is 17.5 Å². The van der Waals surface area contributed by atoms with Gasteiger partial charge in [-0.1, -0.05) is 6.07 Å². The van der Waals surface area contributed by atoms with Crippen LogP contribution in [0.2, 0.25) is 0 Å². The zero-order valence-corrected chi connectivity index (χ0v) is 10.2. The Morgan fingerprint density at radius 3 is 2.75 bits per heavy atom. The van der Waals surface area contributed by atoms with Gasteiger partial charge in [0.05, 0.1) is 17.2 Å². The van der Waals surface area contributed by atoms with E-state index in [1.54, 1.807) is 24.4 Å². The van der Waals surface area contributed by atoms with Crippen molar-refractivity contribution in [3.63, 3.8) is 0 Å². The van der Waals surface area contributed by atoms with Crippen molar-refractivity contribution < 1.29 is 14.8 Å². The number of nitrogens with one attached hydrogen (secondary N) is 1. The zero-order chi connectivity index (χ0) is 14.5. The minimum absolute atomic E-state index is 0.0967. The van der Waals surface area contributed by atoms with Crippen LogP contribution < -0.4 is 5.32 Å². The average molecular weight is 274 g/mol. The maximum atomic E-state index is 10.9. The highest BCUT2D eigenvalue weighted by molar-refractivity contribution is 5.86. The molecular weight excluding hydrogens is 264 g/mol. The van der Waals surface area contributed by atoms with Crippen LogP contribution in [0.1, 0.15) is 16.2 Å². The molecule has 0 aliphatic heterocycles. The van der Waals surface area contributed by atoms with Crippen LogP contribution in [0, 0.1) is 10.1 Å². The van der Waals surface area contributed by atoms with Crippen LogP contribution in [-0.4, -0.2) is 26.0 Å². The number of carboxylic acid groups (broad SMARTS) is 1. The molecule has 0 aliphatic carbocycles. The SMILES string of the molecule is O=C(O)c1ccc([N+](=O)[O-])c(NCc2ccccn2)n1. The number of nitro groups is 1. The Labute approximate surface area is 113 Å². The molecule has 0 saturated carbocycles. The van der Waals surface area contributed by atoms with Gasteiger partial charge in [-0.2, -0.15) is 0 Å². The van der Waals surface area contributed by atoms with E-state index in [9.17, 15) is 14.9 Å². The van der Waals surface area contributed by atoms with E-state index in [0.717, 1.165) is 12.1 Å². The van der Waals surface area contributed by atoms with Crippen LogP contribution in [0.15, 0.2) is 36.5 Å². The number of pyridine rings is 2. The third-order valence-electron chi connectivity index (χ3n) is 2.45. The van der Waals surface area contributed by atoms with Crippen LogP contribution in [0.5, 0.6) is 0 Å². The molecule has 2 N–H and O–H groups in total. The topological polar surface area (TPSA) is 118 Å². The number of anilines is 1. The summed E-state index contributed by atoms with van der Waals surface area (Å²) in [5, 5.41) is 22.5. The van der Waals surface area contributed by atoms with Crippen LogP contribution in [0.4, 0.5) is 11.5 Å². The molecule has 2 rings (SSSR count). The molecule has 0 fully saturated rings. The predicted octanol–water partition coefficient (Wildman–Crippen LogP) is 1.70. The first-order chi connectivity index (χ1) is 9.58. The van der Waals surface area contributed by atoms with E-state index in [1.165, 1.54) is 0 Å². The lowest BCUT2D eigenvalue weighted by molar-refractivity contribution is -0.384. The van der Waals surface area contributed by atoms with Gasteiger partial charge in [-0.05, 0) is 18.2 Å². The number of hydrogen-bond acceptors (Lipinski definition) is 6. The van der Waals surface area contributed by atoms with Crippen LogP contribution >= 0.6 is 0 Å². The standard InChI is InChI=1S/C12H10N4O4/c17-12(18)9-4-5-10(16(19)20)11(15-9)14-7-8-3-1-2-6-13-8/h1-6H,7H2,(H,14,15)(H,17,18). The van der Waals surface area contributed by atoms with E-state index < -0.39 is 10.9 Å². The van der Waals surface area contributed by atoms with Gasteiger partial charge in [0.25, 0.3) is 0 Å². The summed E-state index contributed by atoms with van der Waals surface area (Å²) < 4.78 is 0. The van der Waals surface area contributed by atoms with Crippen molar-refractivity contribution in [2.45, 2.75) is 6.54 Å². The first-order valence-corrected chi connectivity index (χ1v) is 5.60. The molecule has 0 amide bonds. The van der Waals surface area contributed by atoms with Gasteiger partial charge in [-0.25, -0.2) is 9.78 Å². The molecule has 2 heterocycles. The smallest absolute Gasteiger partial charge is 0.354 e. The molecule has 0 spiro atoms. The molecule has 8 nitrogen and oxygen atoms in total. The number of hydrogen-bond donors (Lipinski definition) is 2. The summed E-state index contributed by atoms with van der Waals surface area (Å²) in [5.41, 5.74) is 0.106. The summed E-state index contributed by atoms with van der Waals surface area (Å²) in [6, 6.07) is 7.46. The Bertz CT molecular complexity index is 645. The number of aromatic carboxylic acids is 1. The molecule has 0 saturated heterocycles. The maximum absolute atomic E-state index is 10.9. The Hall–Kier alpha value is -3.03. The normalized spacial score (nSPS) is 10.0.